The molecular weight excluding hydrogens is 278 g/mol. The van der Waals surface area contributed by atoms with Crippen molar-refractivity contribution in [2.45, 2.75) is 58.3 Å². The summed E-state index contributed by atoms with van der Waals surface area (Å²) in [6, 6.07) is 0. The molecule has 1 saturated heterocycles. The number of carboxylic acid groups (broad SMARTS) is 1. The lowest BCUT2D eigenvalue weighted by atomic mass is 10.1. The van der Waals surface area contributed by atoms with E-state index in [1.54, 1.807) is 0 Å². The standard InChI is InChI=1S/C12H27N.C5H10N2O2/c1-4-5-6-7-8-9-10-11-12-13(2)3;8-5(9)7-3-1-6-2-4-7/h4-12H2,1-3H3;6H,1-4H2,(H,8,9). The zero-order valence-electron chi connectivity index (χ0n) is 14.9. The van der Waals surface area contributed by atoms with Gasteiger partial charge in [-0.05, 0) is 27.1 Å². The zero-order chi connectivity index (χ0) is 16.6. The minimum atomic E-state index is -0.809. The Morgan fingerprint density at radius 3 is 1.91 bits per heavy atom. The van der Waals surface area contributed by atoms with Crippen molar-refractivity contribution in [1.82, 2.24) is 15.1 Å². The SMILES string of the molecule is CCCCCCCCCCN(C)C.O=C(O)N1CCNCC1. The van der Waals surface area contributed by atoms with Crippen LogP contribution in [-0.2, 0) is 0 Å². The Bertz CT molecular complexity index is 254. The summed E-state index contributed by atoms with van der Waals surface area (Å²) >= 11 is 0. The Balaban J connectivity index is 0.000000425. The Morgan fingerprint density at radius 2 is 1.50 bits per heavy atom. The molecule has 1 aliphatic rings. The number of hydrogen-bond donors (Lipinski definition) is 2. The van der Waals surface area contributed by atoms with E-state index in [-0.39, 0.29) is 0 Å². The fourth-order valence-corrected chi connectivity index (χ4v) is 2.42. The molecule has 22 heavy (non-hydrogen) atoms. The largest absolute Gasteiger partial charge is 0.465 e. The minimum Gasteiger partial charge on any atom is -0.465 e. The number of nitrogens with one attached hydrogen (secondary N) is 1. The van der Waals surface area contributed by atoms with Gasteiger partial charge in [-0.3, -0.25) is 0 Å². The van der Waals surface area contributed by atoms with Gasteiger partial charge in [0.25, 0.3) is 0 Å². The smallest absolute Gasteiger partial charge is 0.407 e. The fraction of sp³-hybridized carbons (Fsp3) is 0.941. The van der Waals surface area contributed by atoms with Gasteiger partial charge < -0.3 is 20.2 Å². The van der Waals surface area contributed by atoms with Crippen LogP contribution in [-0.4, -0.2) is 67.8 Å². The Morgan fingerprint density at radius 1 is 1.00 bits per heavy atom. The predicted molar refractivity (Wildman–Crippen MR) is 93.6 cm³/mol. The van der Waals surface area contributed by atoms with E-state index in [4.69, 9.17) is 5.11 Å². The molecule has 0 aromatic rings. The molecule has 0 unspecified atom stereocenters. The van der Waals surface area contributed by atoms with Crippen molar-refractivity contribution >= 4 is 6.09 Å². The van der Waals surface area contributed by atoms with Crippen LogP contribution in [0.4, 0.5) is 4.79 Å². The molecule has 2 N–H and O–H groups in total. The summed E-state index contributed by atoms with van der Waals surface area (Å²) in [5, 5.41) is 11.5. The molecule has 0 bridgehead atoms. The first-order valence-corrected chi connectivity index (χ1v) is 8.91. The van der Waals surface area contributed by atoms with E-state index in [0.29, 0.717) is 13.1 Å². The Hall–Kier alpha value is -0.810. The van der Waals surface area contributed by atoms with E-state index >= 15 is 0 Å². The molecule has 0 atom stereocenters. The first kappa shape index (κ1) is 21.2. The van der Waals surface area contributed by atoms with Crippen LogP contribution in [0.5, 0.6) is 0 Å². The highest BCUT2D eigenvalue weighted by Gasteiger charge is 2.13. The molecule has 0 aromatic heterocycles. The van der Waals surface area contributed by atoms with Crippen molar-refractivity contribution in [2.75, 3.05) is 46.8 Å². The molecule has 0 saturated carbocycles. The average molecular weight is 316 g/mol. The maximum atomic E-state index is 10.3. The lowest BCUT2D eigenvalue weighted by Crippen LogP contribution is -2.45. The Labute approximate surface area is 137 Å². The lowest BCUT2D eigenvalue weighted by Gasteiger charge is -2.23. The summed E-state index contributed by atoms with van der Waals surface area (Å²) in [6.07, 6.45) is 10.6. The van der Waals surface area contributed by atoms with Crippen LogP contribution in [0, 0.1) is 0 Å². The van der Waals surface area contributed by atoms with Crippen LogP contribution in [0.1, 0.15) is 58.3 Å². The average Bonchev–Trinajstić information content (AvgIpc) is 2.51. The van der Waals surface area contributed by atoms with Crippen LogP contribution in [0.25, 0.3) is 0 Å². The number of piperazine rings is 1. The maximum absolute atomic E-state index is 10.3. The van der Waals surface area contributed by atoms with Gasteiger partial charge in [0, 0.05) is 26.2 Å². The second-order valence-electron chi connectivity index (χ2n) is 6.30. The van der Waals surface area contributed by atoms with Gasteiger partial charge in [-0.15, -0.1) is 0 Å². The molecule has 5 heteroatoms. The number of hydrogen-bond acceptors (Lipinski definition) is 3. The van der Waals surface area contributed by atoms with E-state index < -0.39 is 6.09 Å². The fourth-order valence-electron chi connectivity index (χ4n) is 2.42. The normalized spacial score (nSPS) is 14.6. The molecule has 1 fully saturated rings. The van der Waals surface area contributed by atoms with Gasteiger partial charge >= 0.3 is 6.09 Å². The quantitative estimate of drug-likeness (QED) is 0.641. The molecule has 132 valence electrons. The van der Waals surface area contributed by atoms with E-state index in [2.05, 4.69) is 31.2 Å². The molecule has 1 heterocycles. The number of unbranched alkanes of at least 4 members (excludes halogenated alkanes) is 7. The maximum Gasteiger partial charge on any atom is 0.407 e. The Kier molecular flexibility index (Phi) is 14.5. The van der Waals surface area contributed by atoms with Crippen molar-refractivity contribution < 1.29 is 9.90 Å². The van der Waals surface area contributed by atoms with Crippen molar-refractivity contribution in [3.8, 4) is 0 Å². The molecule has 0 radical (unpaired) electrons. The van der Waals surface area contributed by atoms with E-state index in [1.807, 2.05) is 0 Å². The van der Waals surface area contributed by atoms with Crippen LogP contribution in [0.3, 0.4) is 0 Å². The van der Waals surface area contributed by atoms with E-state index in [1.165, 1.54) is 62.8 Å². The minimum absolute atomic E-state index is 0.620. The molecule has 5 nitrogen and oxygen atoms in total. The van der Waals surface area contributed by atoms with Gasteiger partial charge in [0.15, 0.2) is 0 Å². The molecule has 1 amide bonds. The van der Waals surface area contributed by atoms with Gasteiger partial charge in [-0.25, -0.2) is 4.79 Å². The van der Waals surface area contributed by atoms with Crippen molar-refractivity contribution in [3.05, 3.63) is 0 Å². The highest BCUT2D eigenvalue weighted by atomic mass is 16.4. The number of carbonyl (C=O) groups is 1. The molecule has 1 rings (SSSR count). The van der Waals surface area contributed by atoms with Gasteiger partial charge in [-0.1, -0.05) is 51.9 Å². The van der Waals surface area contributed by atoms with Crippen LogP contribution < -0.4 is 5.32 Å². The molecule has 0 spiro atoms. The molecule has 0 aliphatic carbocycles. The second-order valence-corrected chi connectivity index (χ2v) is 6.30. The summed E-state index contributed by atoms with van der Waals surface area (Å²) in [7, 11) is 4.31. The third kappa shape index (κ3) is 14.1. The van der Waals surface area contributed by atoms with Gasteiger partial charge in [-0.2, -0.15) is 0 Å². The zero-order valence-corrected chi connectivity index (χ0v) is 14.9. The lowest BCUT2D eigenvalue weighted by molar-refractivity contribution is 0.139. The highest BCUT2D eigenvalue weighted by Crippen LogP contribution is 2.08. The second kappa shape index (κ2) is 15.1. The highest BCUT2D eigenvalue weighted by molar-refractivity contribution is 5.65. The number of amides is 1. The van der Waals surface area contributed by atoms with Gasteiger partial charge in [0.05, 0.1) is 0 Å². The summed E-state index contributed by atoms with van der Waals surface area (Å²) < 4.78 is 0. The van der Waals surface area contributed by atoms with Crippen molar-refractivity contribution in [2.24, 2.45) is 0 Å². The first-order valence-electron chi connectivity index (χ1n) is 8.91. The third-order valence-electron chi connectivity index (χ3n) is 3.85. The molecule has 0 aromatic carbocycles. The summed E-state index contributed by atoms with van der Waals surface area (Å²) in [5.41, 5.74) is 0. The number of rotatable bonds is 9. The van der Waals surface area contributed by atoms with Crippen LogP contribution >= 0.6 is 0 Å². The monoisotopic (exact) mass is 315 g/mol. The van der Waals surface area contributed by atoms with Crippen molar-refractivity contribution in [1.29, 1.82) is 0 Å². The van der Waals surface area contributed by atoms with Crippen LogP contribution in [0.2, 0.25) is 0 Å². The summed E-state index contributed by atoms with van der Waals surface area (Å²) in [6.45, 7) is 6.34. The van der Waals surface area contributed by atoms with Crippen LogP contribution in [0.15, 0.2) is 0 Å². The van der Waals surface area contributed by atoms with Gasteiger partial charge in [0.1, 0.15) is 0 Å². The predicted octanol–water partition coefficient (Wildman–Crippen LogP) is 3.26. The number of nitrogens with zero attached hydrogens (tertiary/aromatic N) is 2. The topological polar surface area (TPSA) is 55.8 Å². The molecular formula is C17H37N3O2. The third-order valence-corrected chi connectivity index (χ3v) is 3.85. The summed E-state index contributed by atoms with van der Waals surface area (Å²) in [5.74, 6) is 0. The van der Waals surface area contributed by atoms with Gasteiger partial charge in [0.2, 0.25) is 0 Å². The van der Waals surface area contributed by atoms with E-state index in [0.717, 1.165) is 13.1 Å². The summed E-state index contributed by atoms with van der Waals surface area (Å²) in [4.78, 5) is 13.9. The first-order chi connectivity index (χ1) is 10.6. The molecule has 1 aliphatic heterocycles. The van der Waals surface area contributed by atoms with E-state index in [9.17, 15) is 4.79 Å². The van der Waals surface area contributed by atoms with Crippen molar-refractivity contribution in [3.63, 3.8) is 0 Å².